The Labute approximate surface area is 165 Å². The zero-order chi connectivity index (χ0) is 19.2. The minimum Gasteiger partial charge on any atom is -0.345 e. The summed E-state index contributed by atoms with van der Waals surface area (Å²) in [6.45, 7) is 1.88. The number of hydrogen-bond donors (Lipinski definition) is 2. The second-order valence-corrected chi connectivity index (χ2v) is 6.90. The van der Waals surface area contributed by atoms with Gasteiger partial charge in [-0.25, -0.2) is 0 Å². The molecule has 0 bridgehead atoms. The summed E-state index contributed by atoms with van der Waals surface area (Å²) in [6, 6.07) is 19.1. The summed E-state index contributed by atoms with van der Waals surface area (Å²) in [5, 5.41) is 19.3. The van der Waals surface area contributed by atoms with E-state index in [-0.39, 0.29) is 11.6 Å². The standard InChI is InChI=1S/C21H17BrN4O/c1-14(15-5-3-2-4-6-15)25-21(27)17(12-23)11-18-13-24-26-20(18)16-7-9-19(22)10-8-16/h2-11,13-14H,1H3,(H,24,26)(H,25,27)/b17-11+. The quantitative estimate of drug-likeness (QED) is 0.466. The average molecular weight is 421 g/mol. The number of carbonyl (C=O) groups excluding carboxylic acids is 1. The smallest absolute Gasteiger partial charge is 0.262 e. The Hall–Kier alpha value is -3.17. The van der Waals surface area contributed by atoms with Crippen LogP contribution in [-0.4, -0.2) is 16.1 Å². The van der Waals surface area contributed by atoms with E-state index in [0.29, 0.717) is 5.56 Å². The van der Waals surface area contributed by atoms with Crippen molar-refractivity contribution in [1.29, 1.82) is 5.26 Å². The van der Waals surface area contributed by atoms with E-state index < -0.39 is 5.91 Å². The first kappa shape index (κ1) is 18.6. The maximum Gasteiger partial charge on any atom is 0.262 e. The summed E-state index contributed by atoms with van der Waals surface area (Å²) >= 11 is 3.41. The van der Waals surface area contributed by atoms with E-state index in [2.05, 4.69) is 31.4 Å². The number of benzene rings is 2. The molecule has 1 unspecified atom stereocenters. The summed E-state index contributed by atoms with van der Waals surface area (Å²) < 4.78 is 0.967. The van der Waals surface area contributed by atoms with Crippen LogP contribution < -0.4 is 5.32 Å². The summed E-state index contributed by atoms with van der Waals surface area (Å²) in [6.07, 6.45) is 3.15. The molecule has 1 amide bonds. The molecule has 1 heterocycles. The van der Waals surface area contributed by atoms with Crippen molar-refractivity contribution >= 4 is 27.9 Å². The molecular weight excluding hydrogens is 404 g/mol. The minimum absolute atomic E-state index is 0.0255. The number of H-pyrrole nitrogens is 1. The van der Waals surface area contributed by atoms with Crippen molar-refractivity contribution in [1.82, 2.24) is 15.5 Å². The fourth-order valence-electron chi connectivity index (χ4n) is 2.66. The Morgan fingerprint density at radius 3 is 2.59 bits per heavy atom. The number of aromatic nitrogens is 2. The Morgan fingerprint density at radius 1 is 1.22 bits per heavy atom. The third kappa shape index (κ3) is 4.52. The van der Waals surface area contributed by atoms with Crippen molar-refractivity contribution in [2.45, 2.75) is 13.0 Å². The zero-order valence-corrected chi connectivity index (χ0v) is 16.2. The highest BCUT2D eigenvalue weighted by molar-refractivity contribution is 9.10. The molecule has 0 saturated carbocycles. The second kappa shape index (κ2) is 8.47. The van der Waals surface area contributed by atoms with E-state index in [1.807, 2.05) is 67.6 Å². The van der Waals surface area contributed by atoms with Gasteiger partial charge in [-0.3, -0.25) is 9.89 Å². The molecule has 1 atom stereocenters. The molecule has 0 aliphatic heterocycles. The van der Waals surface area contributed by atoms with E-state index in [0.717, 1.165) is 21.3 Å². The van der Waals surface area contributed by atoms with Crippen LogP contribution in [0.2, 0.25) is 0 Å². The Balaban J connectivity index is 1.83. The van der Waals surface area contributed by atoms with Crippen LogP contribution in [0, 0.1) is 11.3 Å². The van der Waals surface area contributed by atoms with E-state index >= 15 is 0 Å². The molecule has 3 rings (SSSR count). The van der Waals surface area contributed by atoms with E-state index in [1.54, 1.807) is 12.3 Å². The molecule has 0 radical (unpaired) electrons. The monoisotopic (exact) mass is 420 g/mol. The average Bonchev–Trinajstić information content (AvgIpc) is 3.15. The highest BCUT2D eigenvalue weighted by Crippen LogP contribution is 2.25. The lowest BCUT2D eigenvalue weighted by Crippen LogP contribution is -2.27. The van der Waals surface area contributed by atoms with Crippen LogP contribution in [0.15, 0.2) is 70.8 Å². The van der Waals surface area contributed by atoms with Gasteiger partial charge in [0.05, 0.1) is 17.9 Å². The van der Waals surface area contributed by atoms with Crippen LogP contribution in [-0.2, 0) is 4.79 Å². The number of nitrogens with one attached hydrogen (secondary N) is 2. The van der Waals surface area contributed by atoms with Gasteiger partial charge in [0, 0.05) is 15.6 Å². The van der Waals surface area contributed by atoms with Crippen LogP contribution >= 0.6 is 15.9 Å². The predicted octanol–water partition coefficient (Wildman–Crippen LogP) is 4.62. The molecule has 0 aliphatic carbocycles. The number of nitrogens with zero attached hydrogens (tertiary/aromatic N) is 2. The first-order chi connectivity index (χ1) is 13.1. The zero-order valence-electron chi connectivity index (χ0n) is 14.6. The van der Waals surface area contributed by atoms with Crippen molar-refractivity contribution in [2.75, 3.05) is 0 Å². The summed E-state index contributed by atoms with van der Waals surface area (Å²) in [5.74, 6) is -0.420. The number of carbonyl (C=O) groups is 1. The third-order valence-electron chi connectivity index (χ3n) is 4.11. The van der Waals surface area contributed by atoms with Gasteiger partial charge in [0.25, 0.3) is 5.91 Å². The fourth-order valence-corrected chi connectivity index (χ4v) is 2.92. The molecule has 0 fully saturated rings. The van der Waals surface area contributed by atoms with Crippen LogP contribution in [0.25, 0.3) is 17.3 Å². The number of aromatic amines is 1. The molecule has 2 N–H and O–H groups in total. The number of nitriles is 1. The van der Waals surface area contributed by atoms with Gasteiger partial charge in [0.1, 0.15) is 11.6 Å². The topological polar surface area (TPSA) is 81.6 Å². The second-order valence-electron chi connectivity index (χ2n) is 5.98. The number of rotatable bonds is 5. The van der Waals surface area contributed by atoms with Crippen LogP contribution in [0.5, 0.6) is 0 Å². The molecular formula is C21H17BrN4O. The van der Waals surface area contributed by atoms with Crippen molar-refractivity contribution in [3.05, 3.63) is 82.0 Å². The summed E-state index contributed by atoms with van der Waals surface area (Å²) in [4.78, 5) is 12.5. The SMILES string of the molecule is CC(NC(=O)/C(C#N)=C/c1cn[nH]c1-c1ccc(Br)cc1)c1ccccc1. The molecule has 2 aromatic carbocycles. The molecule has 6 heteroatoms. The largest absolute Gasteiger partial charge is 0.345 e. The molecule has 3 aromatic rings. The van der Waals surface area contributed by atoms with Crippen LogP contribution in [0.3, 0.4) is 0 Å². The predicted molar refractivity (Wildman–Crippen MR) is 108 cm³/mol. The van der Waals surface area contributed by atoms with Gasteiger partial charge in [-0.1, -0.05) is 58.4 Å². The lowest BCUT2D eigenvalue weighted by molar-refractivity contribution is -0.117. The van der Waals surface area contributed by atoms with E-state index in [1.165, 1.54) is 0 Å². The Bertz CT molecular complexity index is 1000. The molecule has 5 nitrogen and oxygen atoms in total. The van der Waals surface area contributed by atoms with Crippen molar-refractivity contribution < 1.29 is 4.79 Å². The van der Waals surface area contributed by atoms with Crippen molar-refractivity contribution in [2.24, 2.45) is 0 Å². The van der Waals surface area contributed by atoms with E-state index in [4.69, 9.17) is 0 Å². The maximum atomic E-state index is 12.5. The lowest BCUT2D eigenvalue weighted by Gasteiger charge is -2.13. The molecule has 27 heavy (non-hydrogen) atoms. The highest BCUT2D eigenvalue weighted by Gasteiger charge is 2.15. The first-order valence-corrected chi connectivity index (χ1v) is 9.14. The fraction of sp³-hybridized carbons (Fsp3) is 0.0952. The summed E-state index contributed by atoms with van der Waals surface area (Å²) in [5.41, 5.74) is 3.34. The summed E-state index contributed by atoms with van der Waals surface area (Å²) in [7, 11) is 0. The van der Waals surface area contributed by atoms with E-state index in [9.17, 15) is 10.1 Å². The Morgan fingerprint density at radius 2 is 1.93 bits per heavy atom. The Kier molecular flexibility index (Phi) is 5.84. The minimum atomic E-state index is -0.420. The molecule has 0 saturated heterocycles. The van der Waals surface area contributed by atoms with Gasteiger partial charge >= 0.3 is 0 Å². The van der Waals surface area contributed by atoms with Crippen molar-refractivity contribution in [3.63, 3.8) is 0 Å². The molecule has 1 aromatic heterocycles. The highest BCUT2D eigenvalue weighted by atomic mass is 79.9. The maximum absolute atomic E-state index is 12.5. The van der Waals surface area contributed by atoms with Gasteiger partial charge in [-0.15, -0.1) is 0 Å². The number of halogens is 1. The normalized spacial score (nSPS) is 12.3. The van der Waals surface area contributed by atoms with Gasteiger partial charge in [-0.05, 0) is 30.7 Å². The van der Waals surface area contributed by atoms with Gasteiger partial charge in [0.2, 0.25) is 0 Å². The molecule has 0 spiro atoms. The van der Waals surface area contributed by atoms with Crippen molar-refractivity contribution in [3.8, 4) is 17.3 Å². The lowest BCUT2D eigenvalue weighted by atomic mass is 10.1. The number of hydrogen-bond acceptors (Lipinski definition) is 3. The van der Waals surface area contributed by atoms with Gasteiger partial charge < -0.3 is 5.32 Å². The molecule has 134 valence electrons. The number of amides is 1. The third-order valence-corrected chi connectivity index (χ3v) is 4.64. The first-order valence-electron chi connectivity index (χ1n) is 8.35. The van der Waals surface area contributed by atoms with Crippen LogP contribution in [0.1, 0.15) is 24.1 Å². The molecule has 0 aliphatic rings. The van der Waals surface area contributed by atoms with Gasteiger partial charge in [-0.2, -0.15) is 10.4 Å². The van der Waals surface area contributed by atoms with Crippen LogP contribution in [0.4, 0.5) is 0 Å². The van der Waals surface area contributed by atoms with Gasteiger partial charge in [0.15, 0.2) is 0 Å².